The second-order valence-electron chi connectivity index (χ2n) is 22.0. The lowest BCUT2D eigenvalue weighted by Crippen LogP contribution is -2.53. The Morgan fingerprint density at radius 1 is 1.05 bits per heavy atom. The van der Waals surface area contributed by atoms with Gasteiger partial charge in [-0.15, -0.1) is 0 Å². The second kappa shape index (κ2) is 17.6. The summed E-state index contributed by atoms with van der Waals surface area (Å²) in [5.41, 5.74) is 3.42. The summed E-state index contributed by atoms with van der Waals surface area (Å²) in [5.74, 6) is 4.03. The van der Waals surface area contributed by atoms with Gasteiger partial charge in [-0.05, 0) is 141 Å². The maximum atomic E-state index is 12.1. The van der Waals surface area contributed by atoms with Crippen molar-refractivity contribution in [1.29, 1.82) is 0 Å². The van der Waals surface area contributed by atoms with Gasteiger partial charge >= 0.3 is 6.09 Å². The van der Waals surface area contributed by atoms with Crippen molar-refractivity contribution in [3.8, 4) is 0 Å². The number of allylic oxidation sites excluding steroid dienone is 3. The molecule has 0 saturated heterocycles. The highest BCUT2D eigenvalue weighted by atomic mass is 28.4. The van der Waals surface area contributed by atoms with Crippen LogP contribution in [0, 0.1) is 29.1 Å². The number of ether oxygens (including phenoxy) is 1. The van der Waals surface area contributed by atoms with E-state index >= 15 is 0 Å². The minimum Gasteiger partial charge on any atom is -0.446 e. The molecule has 7 atom stereocenters. The van der Waals surface area contributed by atoms with Gasteiger partial charge in [-0.1, -0.05) is 93.0 Å². The SMILES string of the molecule is C=C1C(=CC=C2CCC[C@]3(C)[C@@H]([C@H](C)CC[C@@H](OC(=O)NC)C4CC4)CC[C@@H]23)C[C@](O[Si](C)(C)C(C)(C)C)(c2ncc(CCCC)o2)C[C@@H]1O[Si](C)(C)C(C)(C)C. The Bertz CT molecular complexity index is 1630. The first-order valence-corrected chi connectivity index (χ1v) is 28.6. The first kappa shape index (κ1) is 46.1. The predicted molar refractivity (Wildman–Crippen MR) is 240 cm³/mol. The van der Waals surface area contributed by atoms with Crippen molar-refractivity contribution in [2.24, 2.45) is 29.1 Å². The van der Waals surface area contributed by atoms with Gasteiger partial charge in [0.25, 0.3) is 0 Å². The molecule has 1 N–H and O–H groups in total. The largest absolute Gasteiger partial charge is 0.446 e. The molecule has 0 aromatic carbocycles. The lowest BCUT2D eigenvalue weighted by atomic mass is 9.60. The third-order valence-corrected chi connectivity index (χ3v) is 24.8. The van der Waals surface area contributed by atoms with E-state index < -0.39 is 22.2 Å². The molecule has 1 heterocycles. The number of carbonyl (C=O) groups is 1. The summed E-state index contributed by atoms with van der Waals surface area (Å²) >= 11 is 0. The van der Waals surface area contributed by atoms with Gasteiger partial charge in [-0.3, -0.25) is 0 Å². The molecule has 0 spiro atoms. The molecular weight excluding hydrogens is 741 g/mol. The van der Waals surface area contributed by atoms with Crippen molar-refractivity contribution in [3.63, 3.8) is 0 Å². The fraction of sp³-hybridized carbons (Fsp3) is 0.792. The molecule has 0 unspecified atom stereocenters. The first-order valence-electron chi connectivity index (χ1n) is 22.8. The Balaban J connectivity index is 1.48. The molecule has 9 heteroatoms. The molecule has 0 bridgehead atoms. The van der Waals surface area contributed by atoms with Crippen molar-refractivity contribution in [2.75, 3.05) is 7.05 Å². The van der Waals surface area contributed by atoms with Crippen LogP contribution in [-0.4, -0.2) is 47.0 Å². The van der Waals surface area contributed by atoms with E-state index in [1.165, 1.54) is 44.1 Å². The molecule has 4 aliphatic carbocycles. The zero-order valence-electron chi connectivity index (χ0n) is 38.8. The fourth-order valence-corrected chi connectivity index (χ4v) is 12.8. The number of oxazole rings is 1. The molecule has 1 aromatic heterocycles. The average Bonchev–Trinajstić information content (AvgIpc) is 3.73. The Labute approximate surface area is 350 Å². The second-order valence-corrected chi connectivity index (χ2v) is 31.5. The number of hydrogen-bond donors (Lipinski definition) is 1. The summed E-state index contributed by atoms with van der Waals surface area (Å²) in [6.07, 6.45) is 21.4. The molecule has 4 saturated carbocycles. The zero-order valence-corrected chi connectivity index (χ0v) is 40.8. The summed E-state index contributed by atoms with van der Waals surface area (Å²) < 4.78 is 27.6. The Hall–Kier alpha value is -1.95. The molecule has 1 aromatic rings. The van der Waals surface area contributed by atoms with Crippen LogP contribution < -0.4 is 5.32 Å². The Morgan fingerprint density at radius 3 is 2.35 bits per heavy atom. The van der Waals surface area contributed by atoms with E-state index in [-0.39, 0.29) is 33.8 Å². The molecule has 322 valence electrons. The van der Waals surface area contributed by atoms with Gasteiger partial charge in [0.15, 0.2) is 16.6 Å². The van der Waals surface area contributed by atoms with Crippen LogP contribution in [0.5, 0.6) is 0 Å². The minimum absolute atomic E-state index is 0.00636. The van der Waals surface area contributed by atoms with Gasteiger partial charge in [0.1, 0.15) is 17.5 Å². The number of aryl methyl sites for hydroxylation is 1. The molecule has 0 radical (unpaired) electrons. The number of unbranched alkanes of at least 4 members (excludes halogenated alkanes) is 1. The van der Waals surface area contributed by atoms with Gasteiger partial charge in [-0.25, -0.2) is 9.78 Å². The number of carbonyl (C=O) groups excluding carboxylic acids is 1. The van der Waals surface area contributed by atoms with Crippen molar-refractivity contribution in [3.05, 3.63) is 53.3 Å². The van der Waals surface area contributed by atoms with Crippen molar-refractivity contribution < 1.29 is 22.8 Å². The summed E-state index contributed by atoms with van der Waals surface area (Å²) in [4.78, 5) is 17.2. The van der Waals surface area contributed by atoms with Crippen molar-refractivity contribution >= 4 is 22.7 Å². The zero-order chi connectivity index (χ0) is 42.2. The van der Waals surface area contributed by atoms with Crippen LogP contribution in [0.4, 0.5) is 4.79 Å². The van der Waals surface area contributed by atoms with Crippen molar-refractivity contribution in [1.82, 2.24) is 10.3 Å². The maximum Gasteiger partial charge on any atom is 0.407 e. The van der Waals surface area contributed by atoms with Gasteiger partial charge < -0.3 is 23.3 Å². The number of amides is 1. The summed E-state index contributed by atoms with van der Waals surface area (Å²) in [7, 11) is -2.85. The smallest absolute Gasteiger partial charge is 0.407 e. The monoisotopic (exact) mass is 823 g/mol. The number of nitrogens with one attached hydrogen (secondary N) is 1. The van der Waals surface area contributed by atoms with Gasteiger partial charge in [0.2, 0.25) is 5.89 Å². The Morgan fingerprint density at radius 2 is 1.74 bits per heavy atom. The van der Waals surface area contributed by atoms with E-state index in [0.29, 0.717) is 42.4 Å². The molecular formula is C48H82N2O5Si2. The highest BCUT2D eigenvalue weighted by molar-refractivity contribution is 6.74. The molecule has 5 rings (SSSR count). The lowest BCUT2D eigenvalue weighted by molar-refractivity contribution is -0.0234. The Kier molecular flexibility index (Phi) is 14.2. The van der Waals surface area contributed by atoms with Crippen LogP contribution in [0.3, 0.4) is 0 Å². The molecule has 57 heavy (non-hydrogen) atoms. The maximum absolute atomic E-state index is 12.1. The van der Waals surface area contributed by atoms with Crippen LogP contribution in [0.2, 0.25) is 36.3 Å². The standard InChI is InChI=1S/C48H82N2O5Si2/c1-16-17-20-38-32-50-43(52-38)48(55-57(14,15)46(7,8)9)30-37(34(3)42(31-48)54-56(12,13)45(4,5)6)25-22-35-19-18-29-47(10)39(26-27-40(35)47)33(2)21-28-41(36-23-24-36)53-44(51)49-11/h22,25,32-33,36,39-42H,3,16-21,23-24,26-31H2,1-2,4-15H3,(H,49,51)/t33-,39-,40+,41-,42+,47-,48-/m1/s1. The van der Waals surface area contributed by atoms with Gasteiger partial charge in [-0.2, -0.15) is 0 Å². The highest BCUT2D eigenvalue weighted by Gasteiger charge is 2.54. The molecule has 0 aliphatic heterocycles. The van der Waals surface area contributed by atoms with Crippen LogP contribution in [0.1, 0.15) is 157 Å². The normalized spacial score (nSPS) is 30.1. The van der Waals surface area contributed by atoms with Crippen LogP contribution in [0.25, 0.3) is 0 Å². The number of alkyl carbamates (subject to hydrolysis) is 1. The third kappa shape index (κ3) is 10.3. The third-order valence-electron chi connectivity index (χ3n) is 15.8. The topological polar surface area (TPSA) is 82.8 Å². The van der Waals surface area contributed by atoms with E-state index in [1.54, 1.807) is 12.6 Å². The van der Waals surface area contributed by atoms with Gasteiger partial charge in [0.05, 0.1) is 12.3 Å². The van der Waals surface area contributed by atoms with E-state index in [9.17, 15) is 4.79 Å². The predicted octanol–water partition coefficient (Wildman–Crippen LogP) is 13.6. The number of nitrogens with zero attached hydrogens (tertiary/aromatic N) is 1. The van der Waals surface area contributed by atoms with E-state index in [1.807, 2.05) is 6.20 Å². The molecule has 7 nitrogen and oxygen atoms in total. The minimum atomic E-state index is -2.31. The van der Waals surface area contributed by atoms with E-state index in [4.69, 9.17) is 29.6 Å². The summed E-state index contributed by atoms with van der Waals surface area (Å²) in [6, 6.07) is 0. The quantitative estimate of drug-likeness (QED) is 0.177. The highest BCUT2D eigenvalue weighted by Crippen LogP contribution is 2.60. The van der Waals surface area contributed by atoms with Gasteiger partial charge in [0, 0.05) is 26.3 Å². The number of fused-ring (bicyclic) bond motifs is 1. The summed E-state index contributed by atoms with van der Waals surface area (Å²) in [5, 5.41) is 2.72. The van der Waals surface area contributed by atoms with Crippen molar-refractivity contribution in [2.45, 2.75) is 206 Å². The number of aromatic nitrogens is 1. The van der Waals surface area contributed by atoms with E-state index in [0.717, 1.165) is 49.9 Å². The summed E-state index contributed by atoms with van der Waals surface area (Å²) in [6.45, 7) is 35.4. The molecule has 4 aliphatic rings. The van der Waals surface area contributed by atoms with Crippen LogP contribution in [-0.2, 0) is 25.6 Å². The number of hydrogen-bond acceptors (Lipinski definition) is 6. The molecule has 1 amide bonds. The fourth-order valence-electron chi connectivity index (χ4n) is 9.95. The molecule has 4 fully saturated rings. The number of rotatable bonds is 15. The lowest BCUT2D eigenvalue weighted by Gasteiger charge is -2.50. The van der Waals surface area contributed by atoms with Crippen LogP contribution >= 0.6 is 0 Å². The van der Waals surface area contributed by atoms with E-state index in [2.05, 4.69) is 106 Å². The van der Waals surface area contributed by atoms with Crippen LogP contribution in [0.15, 0.2) is 46.1 Å². The first-order chi connectivity index (χ1) is 26.5. The average molecular weight is 823 g/mol.